The molecule has 4 saturated carbocycles. The number of hydrogen-bond donors (Lipinski definition) is 1. The summed E-state index contributed by atoms with van der Waals surface area (Å²) in [6.07, 6.45) is 18.0. The van der Waals surface area contributed by atoms with E-state index in [2.05, 4.69) is 41.2 Å². The van der Waals surface area contributed by atoms with Crippen LogP contribution in [-0.2, 0) is 0 Å². The molecule has 0 heterocycles. The molecule has 4 rings (SSSR count). The molecule has 4 fully saturated rings. The second-order valence-electron chi connectivity index (χ2n) is 13.0. The maximum atomic E-state index is 11.7. The summed E-state index contributed by atoms with van der Waals surface area (Å²) in [4.78, 5) is 0. The van der Waals surface area contributed by atoms with Crippen molar-refractivity contribution in [3.05, 3.63) is 12.7 Å². The minimum atomic E-state index is -0.644. The van der Waals surface area contributed by atoms with E-state index >= 15 is 0 Å². The van der Waals surface area contributed by atoms with E-state index in [0.29, 0.717) is 17.3 Å². The van der Waals surface area contributed by atoms with Crippen molar-refractivity contribution in [2.75, 3.05) is 0 Å². The molecule has 0 saturated heterocycles. The average Bonchev–Trinajstić information content (AvgIpc) is 3.06. The van der Waals surface area contributed by atoms with Crippen molar-refractivity contribution in [1.82, 2.24) is 0 Å². The molecule has 4 aliphatic carbocycles. The molecule has 30 heavy (non-hydrogen) atoms. The molecular formula is C29H50O. The first-order valence-electron chi connectivity index (χ1n) is 13.5. The fraction of sp³-hybridized carbons (Fsp3) is 0.931. The quantitative estimate of drug-likeness (QED) is 0.436. The molecule has 4 aliphatic rings. The van der Waals surface area contributed by atoms with E-state index in [0.717, 1.165) is 36.0 Å². The number of hydrogen-bond acceptors (Lipinski definition) is 1. The van der Waals surface area contributed by atoms with Gasteiger partial charge >= 0.3 is 0 Å². The maximum Gasteiger partial charge on any atom is 0.0883 e. The van der Waals surface area contributed by atoms with E-state index in [1.165, 1.54) is 70.6 Å². The van der Waals surface area contributed by atoms with E-state index < -0.39 is 5.60 Å². The Kier molecular flexibility index (Phi) is 6.28. The van der Waals surface area contributed by atoms with Crippen molar-refractivity contribution in [2.45, 2.75) is 117 Å². The van der Waals surface area contributed by atoms with Crippen LogP contribution in [0.1, 0.15) is 112 Å². The molecule has 0 bridgehead atoms. The molecule has 0 aromatic carbocycles. The molecule has 9 unspecified atom stereocenters. The van der Waals surface area contributed by atoms with Gasteiger partial charge in [0.05, 0.1) is 5.60 Å². The van der Waals surface area contributed by atoms with Gasteiger partial charge in [-0.05, 0) is 105 Å². The summed E-state index contributed by atoms with van der Waals surface area (Å²) in [5.74, 6) is 5.77. The zero-order valence-electron chi connectivity index (χ0n) is 20.8. The van der Waals surface area contributed by atoms with Crippen LogP contribution in [0.25, 0.3) is 0 Å². The Bertz CT molecular complexity index is 624. The van der Waals surface area contributed by atoms with Crippen molar-refractivity contribution in [1.29, 1.82) is 0 Å². The van der Waals surface area contributed by atoms with Gasteiger partial charge < -0.3 is 5.11 Å². The molecule has 0 radical (unpaired) electrons. The molecule has 0 amide bonds. The van der Waals surface area contributed by atoms with Gasteiger partial charge in [0.1, 0.15) is 0 Å². The number of fused-ring (bicyclic) bond motifs is 5. The molecule has 1 heteroatoms. The highest BCUT2D eigenvalue weighted by atomic mass is 16.3. The van der Waals surface area contributed by atoms with Gasteiger partial charge in [0.15, 0.2) is 0 Å². The van der Waals surface area contributed by atoms with Crippen molar-refractivity contribution < 1.29 is 5.11 Å². The Hall–Kier alpha value is -0.300. The summed E-state index contributed by atoms with van der Waals surface area (Å²) in [7, 11) is 0. The van der Waals surface area contributed by atoms with E-state index in [1.807, 2.05) is 6.08 Å². The van der Waals surface area contributed by atoms with Gasteiger partial charge in [-0.15, -0.1) is 6.58 Å². The highest BCUT2D eigenvalue weighted by molar-refractivity contribution is 5.18. The molecule has 0 aliphatic heterocycles. The Morgan fingerprint density at radius 1 is 0.933 bits per heavy atom. The Morgan fingerprint density at radius 3 is 2.40 bits per heavy atom. The minimum Gasteiger partial charge on any atom is -0.385 e. The van der Waals surface area contributed by atoms with Crippen LogP contribution >= 0.6 is 0 Å². The Labute approximate surface area is 187 Å². The van der Waals surface area contributed by atoms with Crippen LogP contribution in [0.2, 0.25) is 0 Å². The molecule has 1 nitrogen and oxygen atoms in total. The predicted molar refractivity (Wildman–Crippen MR) is 128 cm³/mol. The van der Waals surface area contributed by atoms with Crippen LogP contribution in [0.15, 0.2) is 12.7 Å². The second kappa shape index (κ2) is 8.24. The first-order valence-corrected chi connectivity index (χ1v) is 13.5. The van der Waals surface area contributed by atoms with Crippen LogP contribution in [-0.4, -0.2) is 10.7 Å². The van der Waals surface area contributed by atoms with Crippen molar-refractivity contribution in [2.24, 2.45) is 52.3 Å². The lowest BCUT2D eigenvalue weighted by Gasteiger charge is -2.65. The van der Waals surface area contributed by atoms with Crippen molar-refractivity contribution >= 4 is 0 Å². The van der Waals surface area contributed by atoms with Crippen molar-refractivity contribution in [3.63, 3.8) is 0 Å². The normalized spacial score (nSPS) is 49.2. The first kappa shape index (κ1) is 22.9. The highest BCUT2D eigenvalue weighted by Gasteiger charge is 2.64. The minimum absolute atomic E-state index is 0.0538. The maximum absolute atomic E-state index is 11.7. The molecule has 0 spiro atoms. The van der Waals surface area contributed by atoms with Gasteiger partial charge in [-0.25, -0.2) is 0 Å². The smallest absolute Gasteiger partial charge is 0.0883 e. The van der Waals surface area contributed by atoms with Crippen molar-refractivity contribution in [3.8, 4) is 0 Å². The lowest BCUT2D eigenvalue weighted by Crippen LogP contribution is -2.62. The second-order valence-corrected chi connectivity index (χ2v) is 13.0. The lowest BCUT2D eigenvalue weighted by atomic mass is 9.41. The van der Waals surface area contributed by atoms with Crippen LogP contribution in [0.3, 0.4) is 0 Å². The zero-order chi connectivity index (χ0) is 21.7. The first-order chi connectivity index (χ1) is 14.2. The van der Waals surface area contributed by atoms with Crippen LogP contribution in [0, 0.1) is 52.3 Å². The van der Waals surface area contributed by atoms with E-state index in [1.54, 1.807) is 0 Å². The number of aliphatic hydroxyl groups is 1. The summed E-state index contributed by atoms with van der Waals surface area (Å²) in [5.41, 5.74) is -0.0457. The van der Waals surface area contributed by atoms with Crippen LogP contribution in [0.4, 0.5) is 0 Å². The lowest BCUT2D eigenvalue weighted by molar-refractivity contribution is -0.196. The van der Waals surface area contributed by atoms with Gasteiger partial charge in [-0.2, -0.15) is 0 Å². The monoisotopic (exact) mass is 414 g/mol. The third kappa shape index (κ3) is 3.36. The number of rotatable bonds is 6. The van der Waals surface area contributed by atoms with Crippen LogP contribution < -0.4 is 0 Å². The van der Waals surface area contributed by atoms with E-state index in [9.17, 15) is 5.11 Å². The molecule has 0 aromatic heterocycles. The fourth-order valence-corrected chi connectivity index (χ4v) is 9.78. The van der Waals surface area contributed by atoms with Gasteiger partial charge in [0.2, 0.25) is 0 Å². The molecule has 9 atom stereocenters. The van der Waals surface area contributed by atoms with E-state index in [-0.39, 0.29) is 5.41 Å². The zero-order valence-corrected chi connectivity index (χ0v) is 20.8. The molecule has 172 valence electrons. The molecular weight excluding hydrogens is 364 g/mol. The fourth-order valence-electron chi connectivity index (χ4n) is 9.78. The van der Waals surface area contributed by atoms with Crippen LogP contribution in [0.5, 0.6) is 0 Å². The molecule has 1 N–H and O–H groups in total. The third-order valence-electron chi connectivity index (χ3n) is 11.5. The van der Waals surface area contributed by atoms with Gasteiger partial charge in [-0.3, -0.25) is 0 Å². The van der Waals surface area contributed by atoms with Gasteiger partial charge in [0.25, 0.3) is 0 Å². The topological polar surface area (TPSA) is 20.2 Å². The summed E-state index contributed by atoms with van der Waals surface area (Å²) in [5, 5.41) is 11.7. The largest absolute Gasteiger partial charge is 0.385 e. The summed E-state index contributed by atoms with van der Waals surface area (Å²) in [6.45, 7) is 16.6. The van der Waals surface area contributed by atoms with Gasteiger partial charge in [-0.1, -0.05) is 60.0 Å². The van der Waals surface area contributed by atoms with E-state index in [4.69, 9.17) is 0 Å². The third-order valence-corrected chi connectivity index (χ3v) is 11.5. The predicted octanol–water partition coefficient (Wildman–Crippen LogP) is 8.02. The highest BCUT2D eigenvalue weighted by Crippen LogP contribution is 2.70. The summed E-state index contributed by atoms with van der Waals surface area (Å²) >= 11 is 0. The average molecular weight is 415 g/mol. The Morgan fingerprint density at radius 2 is 1.70 bits per heavy atom. The SMILES string of the molecule is C=CC1(O)CCCC2CCC3C4CCC(C(C)CCCC(C)C)C4(C)CCC3C21C. The summed E-state index contributed by atoms with van der Waals surface area (Å²) < 4.78 is 0. The molecule has 0 aromatic rings. The summed E-state index contributed by atoms with van der Waals surface area (Å²) in [6, 6.07) is 0. The standard InChI is InChI=1S/C29H50O/c1-7-29(30)18-9-12-22-13-14-23-25-16-15-24(21(4)11-8-10-20(2)3)27(25,5)19-17-26(23)28(22,29)6/h7,20-26,30H,1,8-19H2,2-6H3. The Balaban J connectivity index is 1.54. The van der Waals surface area contributed by atoms with Gasteiger partial charge in [0, 0.05) is 5.41 Å².